The Kier molecular flexibility index (Phi) is 1.59. The third-order valence-electron chi connectivity index (χ3n) is 3.42. The molecule has 2 aliphatic rings. The lowest BCUT2D eigenvalue weighted by atomic mass is 9.76. The van der Waals surface area contributed by atoms with Crippen LogP contribution in [0.2, 0.25) is 0 Å². The topological polar surface area (TPSA) is 9.23 Å². The van der Waals surface area contributed by atoms with E-state index in [2.05, 4.69) is 43.3 Å². The molecule has 0 saturated carbocycles. The van der Waals surface area contributed by atoms with Crippen molar-refractivity contribution in [1.82, 2.24) is 0 Å². The first-order valence-electron chi connectivity index (χ1n) is 5.15. The quantitative estimate of drug-likeness (QED) is 0.585. The standard InChI is InChI=1S/C13H14O/c1-13-7-11-5-3-2-4-10(11)6-12(13)8-14-9-13/h2-7,12H,8-9H2,1H3. The van der Waals surface area contributed by atoms with Crippen molar-refractivity contribution in [2.24, 2.45) is 11.3 Å². The Morgan fingerprint density at radius 3 is 2.93 bits per heavy atom. The largest absolute Gasteiger partial charge is 0.380 e. The third kappa shape index (κ3) is 1.05. The molecule has 1 aliphatic carbocycles. The molecule has 1 heterocycles. The van der Waals surface area contributed by atoms with Crippen LogP contribution in [-0.2, 0) is 4.74 Å². The molecule has 1 fully saturated rings. The zero-order valence-corrected chi connectivity index (χ0v) is 8.36. The van der Waals surface area contributed by atoms with Crippen LogP contribution in [-0.4, -0.2) is 13.2 Å². The number of rotatable bonds is 0. The molecule has 0 N–H and O–H groups in total. The monoisotopic (exact) mass is 186 g/mol. The van der Waals surface area contributed by atoms with Gasteiger partial charge in [0.05, 0.1) is 13.2 Å². The molecule has 1 saturated heterocycles. The zero-order chi connectivity index (χ0) is 9.60. The molecule has 14 heavy (non-hydrogen) atoms. The fourth-order valence-corrected chi connectivity index (χ4v) is 2.46. The smallest absolute Gasteiger partial charge is 0.0561 e. The van der Waals surface area contributed by atoms with Crippen molar-refractivity contribution in [3.8, 4) is 0 Å². The molecule has 3 rings (SSSR count). The zero-order valence-electron chi connectivity index (χ0n) is 8.36. The molecule has 1 heteroatoms. The van der Waals surface area contributed by atoms with Crippen LogP contribution in [0.4, 0.5) is 0 Å². The van der Waals surface area contributed by atoms with E-state index in [1.54, 1.807) is 0 Å². The highest BCUT2D eigenvalue weighted by Gasteiger charge is 2.37. The molecular formula is C13H14O. The summed E-state index contributed by atoms with van der Waals surface area (Å²) in [7, 11) is 0. The first-order valence-corrected chi connectivity index (χ1v) is 5.15. The van der Waals surface area contributed by atoms with Gasteiger partial charge in [0.1, 0.15) is 0 Å². The van der Waals surface area contributed by atoms with Crippen LogP contribution in [0.1, 0.15) is 6.92 Å². The van der Waals surface area contributed by atoms with E-state index in [1.807, 2.05) is 0 Å². The van der Waals surface area contributed by atoms with E-state index >= 15 is 0 Å². The van der Waals surface area contributed by atoms with E-state index in [0.717, 1.165) is 13.2 Å². The molecule has 1 aromatic carbocycles. The Morgan fingerprint density at radius 2 is 2.07 bits per heavy atom. The summed E-state index contributed by atoms with van der Waals surface area (Å²) in [6.45, 7) is 4.03. The highest BCUT2D eigenvalue weighted by molar-refractivity contribution is 5.47. The van der Waals surface area contributed by atoms with Gasteiger partial charge in [-0.15, -0.1) is 0 Å². The van der Waals surface area contributed by atoms with Gasteiger partial charge >= 0.3 is 0 Å². The van der Waals surface area contributed by atoms with Crippen LogP contribution >= 0.6 is 0 Å². The number of ether oxygens (including phenoxy) is 1. The molecule has 1 aromatic rings. The number of hydrogen-bond donors (Lipinski definition) is 0. The fourth-order valence-electron chi connectivity index (χ4n) is 2.46. The minimum Gasteiger partial charge on any atom is -0.380 e. The average Bonchev–Trinajstić information content (AvgIpc) is 2.54. The second kappa shape index (κ2) is 2.71. The molecule has 2 atom stereocenters. The SMILES string of the molecule is CC12C=c3ccccc3=CC1COC2. The highest BCUT2D eigenvalue weighted by Crippen LogP contribution is 2.37. The van der Waals surface area contributed by atoms with Crippen LogP contribution in [0.15, 0.2) is 24.3 Å². The molecular weight excluding hydrogens is 172 g/mol. The Bertz CT molecular complexity index is 474. The highest BCUT2D eigenvalue weighted by atomic mass is 16.5. The molecule has 1 nitrogen and oxygen atoms in total. The fraction of sp³-hybridized carbons (Fsp3) is 0.385. The molecule has 0 aromatic heterocycles. The predicted octanol–water partition coefficient (Wildman–Crippen LogP) is 0.914. The summed E-state index contributed by atoms with van der Waals surface area (Å²) in [6.07, 6.45) is 4.74. The van der Waals surface area contributed by atoms with Gasteiger partial charge < -0.3 is 4.74 Å². The maximum absolute atomic E-state index is 5.56. The first kappa shape index (κ1) is 8.25. The van der Waals surface area contributed by atoms with Crippen molar-refractivity contribution in [2.45, 2.75) is 6.92 Å². The Balaban J connectivity index is 2.29. The molecule has 2 unspecified atom stereocenters. The second-order valence-electron chi connectivity index (χ2n) is 4.57. The molecule has 0 bridgehead atoms. The lowest BCUT2D eigenvalue weighted by Crippen LogP contribution is -2.37. The van der Waals surface area contributed by atoms with Crippen LogP contribution in [0.5, 0.6) is 0 Å². The molecule has 1 aliphatic heterocycles. The van der Waals surface area contributed by atoms with Crippen molar-refractivity contribution < 1.29 is 4.74 Å². The van der Waals surface area contributed by atoms with Gasteiger partial charge in [-0.2, -0.15) is 0 Å². The van der Waals surface area contributed by atoms with Crippen LogP contribution in [0, 0.1) is 11.3 Å². The van der Waals surface area contributed by atoms with Crippen LogP contribution in [0.25, 0.3) is 12.2 Å². The third-order valence-corrected chi connectivity index (χ3v) is 3.42. The van der Waals surface area contributed by atoms with Gasteiger partial charge in [0, 0.05) is 11.3 Å². The van der Waals surface area contributed by atoms with Gasteiger partial charge in [0.25, 0.3) is 0 Å². The predicted molar refractivity (Wildman–Crippen MR) is 57.0 cm³/mol. The maximum Gasteiger partial charge on any atom is 0.0561 e. The van der Waals surface area contributed by atoms with E-state index in [1.165, 1.54) is 10.4 Å². The number of hydrogen-bond acceptors (Lipinski definition) is 1. The lowest BCUT2D eigenvalue weighted by molar-refractivity contribution is 0.177. The van der Waals surface area contributed by atoms with Crippen molar-refractivity contribution in [1.29, 1.82) is 0 Å². The van der Waals surface area contributed by atoms with Crippen molar-refractivity contribution >= 4 is 12.2 Å². The van der Waals surface area contributed by atoms with Gasteiger partial charge in [0.15, 0.2) is 0 Å². The minimum absolute atomic E-state index is 0.231. The summed E-state index contributed by atoms with van der Waals surface area (Å²) >= 11 is 0. The van der Waals surface area contributed by atoms with Gasteiger partial charge in [-0.25, -0.2) is 0 Å². The van der Waals surface area contributed by atoms with E-state index in [9.17, 15) is 0 Å². The van der Waals surface area contributed by atoms with E-state index in [0.29, 0.717) is 5.92 Å². The Morgan fingerprint density at radius 1 is 1.29 bits per heavy atom. The molecule has 0 spiro atoms. The van der Waals surface area contributed by atoms with Gasteiger partial charge in [-0.3, -0.25) is 0 Å². The van der Waals surface area contributed by atoms with Gasteiger partial charge in [0.2, 0.25) is 0 Å². The van der Waals surface area contributed by atoms with E-state index in [-0.39, 0.29) is 5.41 Å². The summed E-state index contributed by atoms with van der Waals surface area (Å²) in [4.78, 5) is 0. The summed E-state index contributed by atoms with van der Waals surface area (Å²) in [5.74, 6) is 0.567. The Hall–Kier alpha value is -1.08. The molecule has 72 valence electrons. The molecule has 0 amide bonds. The van der Waals surface area contributed by atoms with Crippen LogP contribution in [0.3, 0.4) is 0 Å². The maximum atomic E-state index is 5.56. The van der Waals surface area contributed by atoms with Crippen molar-refractivity contribution in [3.05, 3.63) is 34.7 Å². The summed E-state index contributed by atoms with van der Waals surface area (Å²) in [6, 6.07) is 8.57. The second-order valence-corrected chi connectivity index (χ2v) is 4.57. The number of benzene rings is 1. The van der Waals surface area contributed by atoms with Crippen LogP contribution < -0.4 is 10.4 Å². The minimum atomic E-state index is 0.231. The molecule has 0 radical (unpaired) electrons. The number of fused-ring (bicyclic) bond motifs is 2. The summed E-state index contributed by atoms with van der Waals surface area (Å²) in [5.41, 5.74) is 0.231. The van der Waals surface area contributed by atoms with Gasteiger partial charge in [-0.05, 0) is 10.4 Å². The lowest BCUT2D eigenvalue weighted by Gasteiger charge is -2.26. The summed E-state index contributed by atoms with van der Waals surface area (Å²) < 4.78 is 5.56. The average molecular weight is 186 g/mol. The Labute approximate surface area is 83.7 Å². The van der Waals surface area contributed by atoms with E-state index in [4.69, 9.17) is 4.74 Å². The van der Waals surface area contributed by atoms with E-state index < -0.39 is 0 Å². The van der Waals surface area contributed by atoms with Gasteiger partial charge in [-0.1, -0.05) is 43.3 Å². The normalized spacial score (nSPS) is 33.9. The van der Waals surface area contributed by atoms with Crippen molar-refractivity contribution in [2.75, 3.05) is 13.2 Å². The van der Waals surface area contributed by atoms with Crippen molar-refractivity contribution in [3.63, 3.8) is 0 Å². The summed E-state index contributed by atoms with van der Waals surface area (Å²) in [5, 5.41) is 2.72. The first-order chi connectivity index (χ1) is 6.78.